The molecule has 5 nitrogen and oxygen atoms in total. The van der Waals surface area contributed by atoms with Crippen molar-refractivity contribution in [2.75, 3.05) is 12.4 Å². The number of benzene rings is 2. The van der Waals surface area contributed by atoms with E-state index in [1.165, 1.54) is 7.05 Å². The average Bonchev–Trinajstić information content (AvgIpc) is 2.53. The summed E-state index contributed by atoms with van der Waals surface area (Å²) in [6.45, 7) is 0.550. The van der Waals surface area contributed by atoms with Gasteiger partial charge in [0.15, 0.2) is 0 Å². The first kappa shape index (κ1) is 15.0. The van der Waals surface area contributed by atoms with Crippen LogP contribution < -0.4 is 10.0 Å². The maximum absolute atomic E-state index is 11.7. The van der Waals surface area contributed by atoms with Crippen molar-refractivity contribution in [1.82, 2.24) is 4.72 Å². The molecule has 2 aromatic rings. The third-order valence-corrected chi connectivity index (χ3v) is 4.40. The highest BCUT2D eigenvalue weighted by molar-refractivity contribution is 7.89. The van der Waals surface area contributed by atoms with Crippen molar-refractivity contribution in [3.8, 4) is 6.07 Å². The summed E-state index contributed by atoms with van der Waals surface area (Å²) >= 11 is 0. The first-order valence-electron chi connectivity index (χ1n) is 6.32. The van der Waals surface area contributed by atoms with Gasteiger partial charge in [-0.25, -0.2) is 13.1 Å². The number of hydrogen-bond donors (Lipinski definition) is 2. The first-order valence-corrected chi connectivity index (χ1v) is 7.80. The molecule has 0 saturated carbocycles. The molecule has 0 aliphatic rings. The number of rotatable bonds is 5. The van der Waals surface area contributed by atoms with Gasteiger partial charge in [-0.3, -0.25) is 0 Å². The lowest BCUT2D eigenvalue weighted by molar-refractivity contribution is 0.588. The first-order chi connectivity index (χ1) is 10.0. The molecule has 0 aliphatic carbocycles. The van der Waals surface area contributed by atoms with Crippen molar-refractivity contribution < 1.29 is 8.42 Å². The summed E-state index contributed by atoms with van der Waals surface area (Å²) in [7, 11) is -2.06. The van der Waals surface area contributed by atoms with Gasteiger partial charge in [-0.2, -0.15) is 5.26 Å². The Balaban J connectivity index is 2.10. The monoisotopic (exact) mass is 301 g/mol. The Morgan fingerprint density at radius 1 is 1.14 bits per heavy atom. The van der Waals surface area contributed by atoms with E-state index in [1.54, 1.807) is 36.4 Å². The predicted octanol–water partition coefficient (Wildman–Crippen LogP) is 2.08. The van der Waals surface area contributed by atoms with Crippen molar-refractivity contribution in [1.29, 1.82) is 5.26 Å². The number of nitrogens with one attached hydrogen (secondary N) is 2. The molecule has 0 spiro atoms. The average molecular weight is 301 g/mol. The number of anilines is 1. The van der Waals surface area contributed by atoms with Gasteiger partial charge in [0, 0.05) is 12.2 Å². The number of nitrogens with zero attached hydrogens (tertiary/aromatic N) is 1. The number of sulfonamides is 1. The van der Waals surface area contributed by atoms with Gasteiger partial charge in [0.25, 0.3) is 0 Å². The third kappa shape index (κ3) is 3.81. The molecule has 6 heteroatoms. The van der Waals surface area contributed by atoms with Crippen LogP contribution in [0.3, 0.4) is 0 Å². The summed E-state index contributed by atoms with van der Waals surface area (Å²) in [5.41, 5.74) is 2.34. The molecule has 2 aromatic carbocycles. The second-order valence-electron chi connectivity index (χ2n) is 4.40. The van der Waals surface area contributed by atoms with Crippen LogP contribution in [0.1, 0.15) is 11.1 Å². The summed E-state index contributed by atoms with van der Waals surface area (Å²) in [6.07, 6.45) is 0. The van der Waals surface area contributed by atoms with E-state index in [0.29, 0.717) is 12.1 Å². The maximum Gasteiger partial charge on any atom is 0.240 e. The van der Waals surface area contributed by atoms with E-state index in [2.05, 4.69) is 16.1 Å². The molecule has 0 atom stereocenters. The van der Waals surface area contributed by atoms with Crippen molar-refractivity contribution in [3.63, 3.8) is 0 Å². The SMILES string of the molecule is CNS(=O)(=O)c1cccc(NCc2ccc(C#N)cc2)c1. The van der Waals surface area contributed by atoms with Gasteiger partial charge < -0.3 is 5.32 Å². The Bertz CT molecular complexity index is 762. The lowest BCUT2D eigenvalue weighted by Crippen LogP contribution is -2.18. The summed E-state index contributed by atoms with van der Waals surface area (Å²) in [4.78, 5) is 0.217. The summed E-state index contributed by atoms with van der Waals surface area (Å²) in [5, 5.41) is 11.9. The molecule has 2 N–H and O–H groups in total. The van der Waals surface area contributed by atoms with Gasteiger partial charge in [0.1, 0.15) is 0 Å². The van der Waals surface area contributed by atoms with Crippen LogP contribution in [0.2, 0.25) is 0 Å². The third-order valence-electron chi connectivity index (χ3n) is 2.99. The van der Waals surface area contributed by atoms with Gasteiger partial charge in [-0.15, -0.1) is 0 Å². The number of hydrogen-bond acceptors (Lipinski definition) is 4. The fourth-order valence-corrected chi connectivity index (χ4v) is 2.57. The molecular formula is C15H15N3O2S. The summed E-state index contributed by atoms with van der Waals surface area (Å²) < 4.78 is 25.7. The minimum Gasteiger partial charge on any atom is -0.381 e. The van der Waals surface area contributed by atoms with Crippen LogP contribution in [0.25, 0.3) is 0 Å². The fraction of sp³-hybridized carbons (Fsp3) is 0.133. The quantitative estimate of drug-likeness (QED) is 0.886. The molecule has 0 saturated heterocycles. The zero-order chi connectivity index (χ0) is 15.3. The second kappa shape index (κ2) is 6.39. The molecule has 0 aliphatic heterocycles. The summed E-state index contributed by atoms with van der Waals surface area (Å²) in [5.74, 6) is 0. The van der Waals surface area contributed by atoms with Crippen molar-refractivity contribution in [3.05, 3.63) is 59.7 Å². The Labute approximate surface area is 124 Å². The van der Waals surface area contributed by atoms with Crippen molar-refractivity contribution >= 4 is 15.7 Å². The zero-order valence-corrected chi connectivity index (χ0v) is 12.3. The van der Waals surface area contributed by atoms with Gasteiger partial charge in [0.05, 0.1) is 16.5 Å². The topological polar surface area (TPSA) is 82.0 Å². The highest BCUT2D eigenvalue weighted by Gasteiger charge is 2.11. The zero-order valence-electron chi connectivity index (χ0n) is 11.5. The van der Waals surface area contributed by atoms with Crippen molar-refractivity contribution in [2.45, 2.75) is 11.4 Å². The minimum atomic E-state index is -3.44. The van der Waals surface area contributed by atoms with Crippen LogP contribution in [-0.2, 0) is 16.6 Å². The Kier molecular flexibility index (Phi) is 4.58. The fourth-order valence-electron chi connectivity index (χ4n) is 1.79. The molecule has 2 rings (SSSR count). The molecule has 0 radical (unpaired) electrons. The van der Waals surface area contributed by atoms with E-state index in [4.69, 9.17) is 5.26 Å². The molecule has 0 heterocycles. The normalized spacial score (nSPS) is 10.9. The molecule has 0 fully saturated rings. The molecule has 0 aromatic heterocycles. The van der Waals surface area contributed by atoms with E-state index in [0.717, 1.165) is 11.3 Å². The standard InChI is InChI=1S/C15H15N3O2S/c1-17-21(19,20)15-4-2-3-14(9-15)18-11-13-7-5-12(10-16)6-8-13/h2-9,17-18H,11H2,1H3. The summed E-state index contributed by atoms with van der Waals surface area (Å²) in [6, 6.07) is 15.9. The smallest absolute Gasteiger partial charge is 0.240 e. The van der Waals surface area contributed by atoms with E-state index >= 15 is 0 Å². The van der Waals surface area contributed by atoms with Crippen molar-refractivity contribution in [2.24, 2.45) is 0 Å². The van der Waals surface area contributed by atoms with E-state index in [9.17, 15) is 8.42 Å². The minimum absolute atomic E-state index is 0.217. The molecule has 108 valence electrons. The molecule has 21 heavy (non-hydrogen) atoms. The van der Waals surface area contributed by atoms with Crippen LogP contribution in [-0.4, -0.2) is 15.5 Å². The molecule has 0 amide bonds. The van der Waals surface area contributed by atoms with Crippen LogP contribution in [0.4, 0.5) is 5.69 Å². The van der Waals surface area contributed by atoms with Gasteiger partial charge in [0.2, 0.25) is 10.0 Å². The van der Waals surface area contributed by atoms with E-state index < -0.39 is 10.0 Å². The van der Waals surface area contributed by atoms with Gasteiger partial charge >= 0.3 is 0 Å². The Morgan fingerprint density at radius 2 is 1.86 bits per heavy atom. The lowest BCUT2D eigenvalue weighted by Gasteiger charge is -2.09. The highest BCUT2D eigenvalue weighted by Crippen LogP contribution is 2.16. The van der Waals surface area contributed by atoms with Crippen LogP contribution in [0.15, 0.2) is 53.4 Å². The Morgan fingerprint density at radius 3 is 2.48 bits per heavy atom. The highest BCUT2D eigenvalue weighted by atomic mass is 32.2. The second-order valence-corrected chi connectivity index (χ2v) is 6.28. The molecule has 0 bridgehead atoms. The van der Waals surface area contributed by atoms with E-state index in [1.807, 2.05) is 12.1 Å². The largest absolute Gasteiger partial charge is 0.381 e. The molecular weight excluding hydrogens is 286 g/mol. The predicted molar refractivity (Wildman–Crippen MR) is 81.2 cm³/mol. The Hall–Kier alpha value is -2.36. The van der Waals surface area contributed by atoms with Gasteiger partial charge in [-0.05, 0) is 42.9 Å². The van der Waals surface area contributed by atoms with Gasteiger partial charge in [-0.1, -0.05) is 18.2 Å². The number of nitriles is 1. The van der Waals surface area contributed by atoms with Crippen LogP contribution >= 0.6 is 0 Å². The van der Waals surface area contributed by atoms with Crippen LogP contribution in [0, 0.1) is 11.3 Å². The van der Waals surface area contributed by atoms with Crippen LogP contribution in [0.5, 0.6) is 0 Å². The maximum atomic E-state index is 11.7. The molecule has 0 unspecified atom stereocenters. The lowest BCUT2D eigenvalue weighted by atomic mass is 10.1. The van der Waals surface area contributed by atoms with E-state index in [-0.39, 0.29) is 4.90 Å².